The SMILES string of the molecule is CC(CN)Sc1ccc2ccccc2c1. The van der Waals surface area contributed by atoms with E-state index in [1.165, 1.54) is 15.7 Å². The van der Waals surface area contributed by atoms with Crippen molar-refractivity contribution >= 4 is 22.5 Å². The molecule has 0 saturated heterocycles. The molecule has 2 aromatic rings. The van der Waals surface area contributed by atoms with Crippen LogP contribution >= 0.6 is 11.8 Å². The fourth-order valence-corrected chi connectivity index (χ4v) is 2.42. The van der Waals surface area contributed by atoms with Gasteiger partial charge in [0.05, 0.1) is 0 Å². The number of rotatable bonds is 3. The van der Waals surface area contributed by atoms with Crippen molar-refractivity contribution in [3.63, 3.8) is 0 Å². The van der Waals surface area contributed by atoms with Crippen LogP contribution in [0.2, 0.25) is 0 Å². The zero-order valence-electron chi connectivity index (χ0n) is 8.81. The molecule has 1 unspecified atom stereocenters. The molecule has 1 nitrogen and oxygen atoms in total. The Bertz CT molecular complexity index is 453. The Morgan fingerprint density at radius 1 is 1.13 bits per heavy atom. The standard InChI is InChI=1S/C13H15NS/c1-10(9-14)15-13-7-6-11-4-2-3-5-12(11)8-13/h2-8,10H,9,14H2,1H3. The Morgan fingerprint density at radius 3 is 2.60 bits per heavy atom. The molecule has 15 heavy (non-hydrogen) atoms. The summed E-state index contributed by atoms with van der Waals surface area (Å²) in [6.45, 7) is 2.87. The van der Waals surface area contributed by atoms with Gasteiger partial charge in [-0.05, 0) is 22.9 Å². The first kappa shape index (κ1) is 10.5. The molecular formula is C13H15NS. The minimum atomic E-state index is 0.478. The highest BCUT2D eigenvalue weighted by Gasteiger charge is 2.02. The summed E-state index contributed by atoms with van der Waals surface area (Å²) < 4.78 is 0. The quantitative estimate of drug-likeness (QED) is 0.798. The third kappa shape index (κ3) is 2.52. The van der Waals surface area contributed by atoms with Crippen molar-refractivity contribution in [1.29, 1.82) is 0 Å². The third-order valence-corrected chi connectivity index (χ3v) is 3.51. The zero-order chi connectivity index (χ0) is 10.7. The molecule has 0 spiro atoms. The van der Waals surface area contributed by atoms with Crippen LogP contribution in [0, 0.1) is 0 Å². The predicted molar refractivity (Wildman–Crippen MR) is 68.3 cm³/mol. The summed E-state index contributed by atoms with van der Waals surface area (Å²) >= 11 is 1.83. The fraction of sp³-hybridized carbons (Fsp3) is 0.231. The van der Waals surface area contributed by atoms with E-state index in [2.05, 4.69) is 49.4 Å². The monoisotopic (exact) mass is 217 g/mol. The maximum atomic E-state index is 5.61. The van der Waals surface area contributed by atoms with Gasteiger partial charge in [-0.25, -0.2) is 0 Å². The molecule has 0 radical (unpaired) electrons. The first-order valence-corrected chi connectivity index (χ1v) is 6.03. The number of nitrogens with two attached hydrogens (primary N) is 1. The summed E-state index contributed by atoms with van der Waals surface area (Å²) in [7, 11) is 0. The summed E-state index contributed by atoms with van der Waals surface area (Å²) in [5, 5.41) is 3.07. The third-order valence-electron chi connectivity index (χ3n) is 2.39. The second kappa shape index (κ2) is 4.69. The largest absolute Gasteiger partial charge is 0.329 e. The van der Waals surface area contributed by atoms with Crippen LogP contribution in [0.15, 0.2) is 47.4 Å². The van der Waals surface area contributed by atoms with Crippen molar-refractivity contribution in [3.05, 3.63) is 42.5 Å². The van der Waals surface area contributed by atoms with Gasteiger partial charge in [0.1, 0.15) is 0 Å². The van der Waals surface area contributed by atoms with Gasteiger partial charge in [0, 0.05) is 16.7 Å². The number of hydrogen-bond acceptors (Lipinski definition) is 2. The Morgan fingerprint density at radius 2 is 1.87 bits per heavy atom. The highest BCUT2D eigenvalue weighted by molar-refractivity contribution is 8.00. The van der Waals surface area contributed by atoms with Crippen molar-refractivity contribution in [3.8, 4) is 0 Å². The molecule has 2 heteroatoms. The van der Waals surface area contributed by atoms with Gasteiger partial charge in [0.2, 0.25) is 0 Å². The molecule has 2 rings (SSSR count). The lowest BCUT2D eigenvalue weighted by molar-refractivity contribution is 0.951. The lowest BCUT2D eigenvalue weighted by atomic mass is 10.1. The molecular weight excluding hydrogens is 202 g/mol. The van der Waals surface area contributed by atoms with E-state index in [-0.39, 0.29) is 0 Å². The van der Waals surface area contributed by atoms with E-state index in [0.29, 0.717) is 5.25 Å². The van der Waals surface area contributed by atoms with Crippen molar-refractivity contribution in [1.82, 2.24) is 0 Å². The zero-order valence-corrected chi connectivity index (χ0v) is 9.63. The molecule has 0 aliphatic rings. The molecule has 0 heterocycles. The number of thioether (sulfide) groups is 1. The van der Waals surface area contributed by atoms with Gasteiger partial charge in [-0.1, -0.05) is 37.3 Å². The van der Waals surface area contributed by atoms with E-state index in [9.17, 15) is 0 Å². The molecule has 0 fully saturated rings. The van der Waals surface area contributed by atoms with Crippen LogP contribution in [0.4, 0.5) is 0 Å². The van der Waals surface area contributed by atoms with Gasteiger partial charge in [0.25, 0.3) is 0 Å². The van der Waals surface area contributed by atoms with Gasteiger partial charge >= 0.3 is 0 Å². The second-order valence-electron chi connectivity index (χ2n) is 3.67. The second-order valence-corrected chi connectivity index (χ2v) is 5.18. The first-order valence-electron chi connectivity index (χ1n) is 5.15. The number of hydrogen-bond donors (Lipinski definition) is 1. The Balaban J connectivity index is 2.30. The van der Waals surface area contributed by atoms with E-state index in [0.717, 1.165) is 6.54 Å². The molecule has 78 valence electrons. The van der Waals surface area contributed by atoms with Crippen molar-refractivity contribution < 1.29 is 0 Å². The van der Waals surface area contributed by atoms with Crippen molar-refractivity contribution in [2.24, 2.45) is 5.73 Å². The van der Waals surface area contributed by atoms with Crippen LogP contribution in [0.3, 0.4) is 0 Å². The Labute approximate surface area is 94.7 Å². The van der Waals surface area contributed by atoms with E-state index in [1.807, 2.05) is 11.8 Å². The molecule has 0 aliphatic carbocycles. The Kier molecular flexibility index (Phi) is 3.29. The molecule has 0 amide bonds. The summed E-state index contributed by atoms with van der Waals surface area (Å²) in [6, 6.07) is 15.0. The maximum absolute atomic E-state index is 5.61. The van der Waals surface area contributed by atoms with Gasteiger partial charge in [0.15, 0.2) is 0 Å². The summed E-state index contributed by atoms with van der Waals surface area (Å²) in [4.78, 5) is 1.30. The van der Waals surface area contributed by atoms with Gasteiger partial charge in [-0.15, -0.1) is 11.8 Å². The minimum absolute atomic E-state index is 0.478. The minimum Gasteiger partial charge on any atom is -0.329 e. The number of fused-ring (bicyclic) bond motifs is 1. The molecule has 2 aromatic carbocycles. The van der Waals surface area contributed by atoms with E-state index < -0.39 is 0 Å². The topological polar surface area (TPSA) is 26.0 Å². The van der Waals surface area contributed by atoms with Crippen LogP contribution in [0.5, 0.6) is 0 Å². The van der Waals surface area contributed by atoms with E-state index in [1.54, 1.807) is 0 Å². The van der Waals surface area contributed by atoms with Crippen LogP contribution < -0.4 is 5.73 Å². The van der Waals surface area contributed by atoms with E-state index in [4.69, 9.17) is 5.73 Å². The predicted octanol–water partition coefficient (Wildman–Crippen LogP) is 3.28. The van der Waals surface area contributed by atoms with Gasteiger partial charge < -0.3 is 5.73 Å². The number of benzene rings is 2. The van der Waals surface area contributed by atoms with Gasteiger partial charge in [-0.2, -0.15) is 0 Å². The molecule has 0 saturated carbocycles. The molecule has 0 bridgehead atoms. The average Bonchev–Trinajstić information content (AvgIpc) is 2.29. The summed E-state index contributed by atoms with van der Waals surface area (Å²) in [5.41, 5.74) is 5.61. The molecule has 1 atom stereocenters. The lowest BCUT2D eigenvalue weighted by Gasteiger charge is -2.08. The summed E-state index contributed by atoms with van der Waals surface area (Å²) in [6.07, 6.45) is 0. The summed E-state index contributed by atoms with van der Waals surface area (Å²) in [5.74, 6) is 0. The van der Waals surface area contributed by atoms with Crippen LogP contribution in [0.25, 0.3) is 10.8 Å². The smallest absolute Gasteiger partial charge is 0.0189 e. The van der Waals surface area contributed by atoms with Crippen molar-refractivity contribution in [2.75, 3.05) is 6.54 Å². The van der Waals surface area contributed by atoms with E-state index >= 15 is 0 Å². The normalized spacial score (nSPS) is 12.9. The molecule has 0 aliphatic heterocycles. The molecule has 0 aromatic heterocycles. The Hall–Kier alpha value is -0.990. The maximum Gasteiger partial charge on any atom is 0.0189 e. The highest BCUT2D eigenvalue weighted by atomic mass is 32.2. The fourth-order valence-electron chi connectivity index (χ4n) is 1.52. The highest BCUT2D eigenvalue weighted by Crippen LogP contribution is 2.26. The van der Waals surface area contributed by atoms with Crippen LogP contribution in [0.1, 0.15) is 6.92 Å². The molecule has 2 N–H and O–H groups in total. The van der Waals surface area contributed by atoms with Gasteiger partial charge in [-0.3, -0.25) is 0 Å². The van der Waals surface area contributed by atoms with Crippen LogP contribution in [-0.2, 0) is 0 Å². The average molecular weight is 217 g/mol. The lowest BCUT2D eigenvalue weighted by Crippen LogP contribution is -2.12. The van der Waals surface area contributed by atoms with Crippen LogP contribution in [-0.4, -0.2) is 11.8 Å². The van der Waals surface area contributed by atoms with Crippen molar-refractivity contribution in [2.45, 2.75) is 17.1 Å². The first-order chi connectivity index (χ1) is 7.29.